The van der Waals surface area contributed by atoms with Gasteiger partial charge in [0.15, 0.2) is 0 Å². The molecule has 0 radical (unpaired) electrons. The minimum absolute atomic E-state index is 0.210. The number of thiophene rings is 1. The van der Waals surface area contributed by atoms with Crippen molar-refractivity contribution in [1.29, 1.82) is 0 Å². The van der Waals surface area contributed by atoms with E-state index >= 15 is 0 Å². The van der Waals surface area contributed by atoms with Crippen LogP contribution in [0, 0.1) is 0 Å². The van der Waals surface area contributed by atoms with Crippen LogP contribution in [0.25, 0.3) is 10.8 Å². The van der Waals surface area contributed by atoms with Crippen LogP contribution < -0.4 is 11.1 Å². The summed E-state index contributed by atoms with van der Waals surface area (Å²) in [5, 5.41) is 9.27. The van der Waals surface area contributed by atoms with Crippen molar-refractivity contribution in [3.05, 3.63) is 62.9 Å². The van der Waals surface area contributed by atoms with Crippen LogP contribution in [0.4, 0.5) is 0 Å². The van der Waals surface area contributed by atoms with Gasteiger partial charge in [0.25, 0.3) is 5.89 Å². The van der Waals surface area contributed by atoms with Gasteiger partial charge in [-0.25, -0.2) is 4.79 Å². The van der Waals surface area contributed by atoms with E-state index in [1.807, 2.05) is 36.6 Å². The van der Waals surface area contributed by atoms with Crippen LogP contribution in [-0.2, 0) is 11.3 Å². The molecule has 0 unspecified atom stereocenters. The standard InChI is InChI=1S/C16H14ClN3O3S/c1-10(11-5-2-3-6-12(11)17)18-14(21)9-20-16(22)23-15(19-20)13-7-4-8-24-13/h2-8,10H,9H2,1H3,(H,18,21)/t10-/m1/s1. The van der Waals surface area contributed by atoms with E-state index in [0.717, 1.165) is 15.1 Å². The van der Waals surface area contributed by atoms with E-state index in [4.69, 9.17) is 16.0 Å². The van der Waals surface area contributed by atoms with E-state index in [9.17, 15) is 9.59 Å². The number of rotatable bonds is 5. The zero-order valence-electron chi connectivity index (χ0n) is 12.7. The number of nitrogens with zero attached hydrogens (tertiary/aromatic N) is 2. The van der Waals surface area contributed by atoms with Crippen LogP contribution in [0.1, 0.15) is 18.5 Å². The lowest BCUT2D eigenvalue weighted by molar-refractivity contribution is -0.122. The number of nitrogens with one attached hydrogen (secondary N) is 1. The number of carbonyl (C=O) groups is 1. The normalized spacial score (nSPS) is 12.1. The summed E-state index contributed by atoms with van der Waals surface area (Å²) < 4.78 is 6.08. The fourth-order valence-corrected chi connectivity index (χ4v) is 3.18. The van der Waals surface area contributed by atoms with Gasteiger partial charge in [0.05, 0.1) is 10.9 Å². The molecular formula is C16H14ClN3O3S. The first-order chi connectivity index (χ1) is 11.5. The Kier molecular flexibility index (Phi) is 4.82. The highest BCUT2D eigenvalue weighted by Crippen LogP contribution is 2.22. The predicted octanol–water partition coefficient (Wildman–Crippen LogP) is 3.10. The SMILES string of the molecule is C[C@@H](NC(=O)Cn1nc(-c2cccs2)oc1=O)c1ccccc1Cl. The first-order valence-corrected chi connectivity index (χ1v) is 8.46. The Morgan fingerprint density at radius 1 is 1.38 bits per heavy atom. The molecule has 0 aliphatic rings. The molecule has 0 saturated carbocycles. The number of hydrogen-bond acceptors (Lipinski definition) is 5. The Balaban J connectivity index is 1.69. The molecule has 0 bridgehead atoms. The molecule has 0 aliphatic heterocycles. The minimum Gasteiger partial charge on any atom is -0.387 e. The van der Waals surface area contributed by atoms with Crippen LogP contribution in [0.2, 0.25) is 5.02 Å². The summed E-state index contributed by atoms with van der Waals surface area (Å²) in [7, 11) is 0. The molecule has 2 aromatic heterocycles. The summed E-state index contributed by atoms with van der Waals surface area (Å²) in [5.74, 6) is -0.809. The van der Waals surface area contributed by atoms with Gasteiger partial charge >= 0.3 is 5.76 Å². The van der Waals surface area contributed by atoms with Crippen LogP contribution in [0.15, 0.2) is 51.0 Å². The van der Waals surface area contributed by atoms with Crippen LogP contribution >= 0.6 is 22.9 Å². The number of halogens is 1. The van der Waals surface area contributed by atoms with E-state index < -0.39 is 5.76 Å². The van der Waals surface area contributed by atoms with E-state index in [0.29, 0.717) is 5.02 Å². The fraction of sp³-hybridized carbons (Fsp3) is 0.188. The van der Waals surface area contributed by atoms with Crippen molar-refractivity contribution in [1.82, 2.24) is 15.1 Å². The molecule has 3 rings (SSSR count). The van der Waals surface area contributed by atoms with E-state index in [1.54, 1.807) is 12.1 Å². The molecule has 8 heteroatoms. The van der Waals surface area contributed by atoms with Gasteiger partial charge in [-0.1, -0.05) is 35.9 Å². The first-order valence-electron chi connectivity index (χ1n) is 7.20. The lowest BCUT2D eigenvalue weighted by atomic mass is 10.1. The Labute approximate surface area is 146 Å². The summed E-state index contributed by atoms with van der Waals surface area (Å²) in [6.45, 7) is 1.60. The van der Waals surface area contributed by atoms with Crippen molar-refractivity contribution in [3.63, 3.8) is 0 Å². The zero-order valence-corrected chi connectivity index (χ0v) is 14.3. The monoisotopic (exact) mass is 363 g/mol. The highest BCUT2D eigenvalue weighted by atomic mass is 35.5. The molecule has 0 saturated heterocycles. The predicted molar refractivity (Wildman–Crippen MR) is 92.1 cm³/mol. The third kappa shape index (κ3) is 3.58. The van der Waals surface area contributed by atoms with Crippen molar-refractivity contribution in [2.24, 2.45) is 0 Å². The number of amides is 1. The number of hydrogen-bond donors (Lipinski definition) is 1. The maximum atomic E-state index is 12.2. The Hall–Kier alpha value is -2.38. The van der Waals surface area contributed by atoms with E-state index in [-0.39, 0.29) is 24.4 Å². The van der Waals surface area contributed by atoms with E-state index in [1.165, 1.54) is 11.3 Å². The zero-order chi connectivity index (χ0) is 17.1. The average molecular weight is 364 g/mol. The van der Waals surface area contributed by atoms with Gasteiger partial charge in [-0.15, -0.1) is 16.4 Å². The van der Waals surface area contributed by atoms with Crippen LogP contribution in [-0.4, -0.2) is 15.7 Å². The van der Waals surface area contributed by atoms with Gasteiger partial charge < -0.3 is 9.73 Å². The van der Waals surface area contributed by atoms with Gasteiger partial charge in [0.1, 0.15) is 6.54 Å². The molecule has 1 N–H and O–H groups in total. The second-order valence-electron chi connectivity index (χ2n) is 5.12. The number of carbonyl (C=O) groups excluding carboxylic acids is 1. The van der Waals surface area contributed by atoms with Crippen molar-refractivity contribution in [2.75, 3.05) is 0 Å². The van der Waals surface area contributed by atoms with Crippen LogP contribution in [0.5, 0.6) is 0 Å². The van der Waals surface area contributed by atoms with Gasteiger partial charge in [0.2, 0.25) is 5.91 Å². The Morgan fingerprint density at radius 2 is 2.17 bits per heavy atom. The first kappa shape index (κ1) is 16.5. The second-order valence-corrected chi connectivity index (χ2v) is 6.47. The van der Waals surface area contributed by atoms with Gasteiger partial charge in [-0.3, -0.25) is 4.79 Å². The van der Waals surface area contributed by atoms with Gasteiger partial charge in [-0.2, -0.15) is 4.68 Å². The summed E-state index contributed by atoms with van der Waals surface area (Å²) in [6, 6.07) is 10.6. The lowest BCUT2D eigenvalue weighted by Gasteiger charge is -2.15. The summed E-state index contributed by atoms with van der Waals surface area (Å²) in [6.07, 6.45) is 0. The lowest BCUT2D eigenvalue weighted by Crippen LogP contribution is -2.33. The number of benzene rings is 1. The Morgan fingerprint density at radius 3 is 2.88 bits per heavy atom. The molecule has 1 aromatic carbocycles. The molecule has 2 heterocycles. The highest BCUT2D eigenvalue weighted by molar-refractivity contribution is 7.13. The van der Waals surface area contributed by atoms with Crippen molar-refractivity contribution in [2.45, 2.75) is 19.5 Å². The summed E-state index contributed by atoms with van der Waals surface area (Å²) in [5.41, 5.74) is 0.805. The van der Waals surface area contributed by atoms with Crippen molar-refractivity contribution in [3.8, 4) is 10.8 Å². The number of aromatic nitrogens is 2. The molecule has 24 heavy (non-hydrogen) atoms. The minimum atomic E-state index is -0.668. The smallest absolute Gasteiger partial charge is 0.387 e. The molecule has 0 aliphatic carbocycles. The quantitative estimate of drug-likeness (QED) is 0.755. The largest absolute Gasteiger partial charge is 0.437 e. The highest BCUT2D eigenvalue weighted by Gasteiger charge is 2.16. The molecular weight excluding hydrogens is 350 g/mol. The van der Waals surface area contributed by atoms with E-state index in [2.05, 4.69) is 10.4 Å². The van der Waals surface area contributed by atoms with Crippen molar-refractivity contribution >= 4 is 28.8 Å². The second kappa shape index (κ2) is 7.02. The fourth-order valence-electron chi connectivity index (χ4n) is 2.23. The average Bonchev–Trinajstić information content (AvgIpc) is 3.18. The van der Waals surface area contributed by atoms with Crippen molar-refractivity contribution < 1.29 is 9.21 Å². The Bertz CT molecular complexity index is 901. The van der Waals surface area contributed by atoms with Gasteiger partial charge in [-0.05, 0) is 30.0 Å². The van der Waals surface area contributed by atoms with Crippen LogP contribution in [0.3, 0.4) is 0 Å². The topological polar surface area (TPSA) is 77.1 Å². The maximum Gasteiger partial charge on any atom is 0.437 e. The third-order valence-corrected chi connectivity index (χ3v) is 4.58. The summed E-state index contributed by atoms with van der Waals surface area (Å²) in [4.78, 5) is 24.7. The molecule has 1 atom stereocenters. The maximum absolute atomic E-state index is 12.2. The molecule has 1 amide bonds. The molecule has 0 fully saturated rings. The molecule has 124 valence electrons. The van der Waals surface area contributed by atoms with Gasteiger partial charge in [0, 0.05) is 5.02 Å². The third-order valence-electron chi connectivity index (χ3n) is 3.38. The molecule has 6 nitrogen and oxygen atoms in total. The summed E-state index contributed by atoms with van der Waals surface area (Å²) >= 11 is 7.52. The molecule has 0 spiro atoms. The molecule has 3 aromatic rings.